The number of aryl methyl sites for hydroxylation is 2. The second-order valence-corrected chi connectivity index (χ2v) is 7.56. The lowest BCUT2D eigenvalue weighted by molar-refractivity contribution is 0.398. The number of hydrogen-bond acceptors (Lipinski definition) is 7. The van der Waals surface area contributed by atoms with Crippen molar-refractivity contribution in [3.63, 3.8) is 0 Å². The van der Waals surface area contributed by atoms with Crippen LogP contribution in [0.1, 0.15) is 23.4 Å². The molecule has 0 bridgehead atoms. The van der Waals surface area contributed by atoms with Gasteiger partial charge < -0.3 is 9.52 Å². The van der Waals surface area contributed by atoms with E-state index in [1.165, 1.54) is 23.1 Å². The minimum Gasteiger partial charge on any atom is -0.510 e. The first kappa shape index (κ1) is 16.6. The monoisotopic (exact) mass is 357 g/mol. The van der Waals surface area contributed by atoms with Crippen LogP contribution in [0.25, 0.3) is 15.8 Å². The van der Waals surface area contributed by atoms with Gasteiger partial charge in [0, 0.05) is 0 Å². The van der Waals surface area contributed by atoms with Crippen molar-refractivity contribution in [1.82, 2.24) is 9.97 Å². The third-order valence-corrected chi connectivity index (χ3v) is 5.55. The molecule has 0 amide bonds. The van der Waals surface area contributed by atoms with Crippen LogP contribution in [0.5, 0.6) is 0 Å². The van der Waals surface area contributed by atoms with E-state index in [0.29, 0.717) is 10.2 Å². The Morgan fingerprint density at radius 1 is 1.33 bits per heavy atom. The molecule has 0 saturated carbocycles. The number of hydrogen-bond donors (Lipinski definition) is 1. The zero-order chi connectivity index (χ0) is 17.3. The molecule has 0 radical (unpaired) electrons. The van der Waals surface area contributed by atoms with Gasteiger partial charge >= 0.3 is 0 Å². The SMILES string of the molecule is Cc1nc(SC(C)/C(O)=C(\C#N)c2nc3ccccc3s2)oc1C. The second-order valence-electron chi connectivity index (χ2n) is 5.24. The number of rotatable bonds is 4. The number of aliphatic hydroxyl groups excluding tert-OH is 1. The highest BCUT2D eigenvalue weighted by atomic mass is 32.2. The summed E-state index contributed by atoms with van der Waals surface area (Å²) in [7, 11) is 0. The molecule has 5 nitrogen and oxygen atoms in total. The Bertz CT molecular complexity index is 913. The molecule has 0 saturated heterocycles. The van der Waals surface area contributed by atoms with Gasteiger partial charge in [-0.05, 0) is 32.9 Å². The summed E-state index contributed by atoms with van der Waals surface area (Å²) in [5.74, 6) is 0.731. The molecule has 1 N–H and O–H groups in total. The number of thiazole rings is 1. The maximum Gasteiger partial charge on any atom is 0.256 e. The molecule has 1 atom stereocenters. The van der Waals surface area contributed by atoms with Gasteiger partial charge in [-0.25, -0.2) is 9.97 Å². The molecule has 2 heterocycles. The molecule has 1 aromatic carbocycles. The smallest absolute Gasteiger partial charge is 0.256 e. The standard InChI is InChI=1S/C17H15N3O2S2/c1-9-10(2)22-17(19-9)23-11(3)15(21)12(8-18)16-20-13-6-4-5-7-14(13)24-16/h4-7,11,21H,1-3H3/b15-12-. The van der Waals surface area contributed by atoms with Crippen LogP contribution in [0.15, 0.2) is 39.7 Å². The van der Waals surface area contributed by atoms with Crippen LogP contribution in [-0.4, -0.2) is 20.3 Å². The van der Waals surface area contributed by atoms with Crippen molar-refractivity contribution in [3.05, 3.63) is 46.5 Å². The first-order chi connectivity index (χ1) is 11.5. The van der Waals surface area contributed by atoms with E-state index in [2.05, 4.69) is 16.0 Å². The predicted molar refractivity (Wildman–Crippen MR) is 96.1 cm³/mol. The van der Waals surface area contributed by atoms with E-state index in [-0.39, 0.29) is 16.6 Å². The average Bonchev–Trinajstić information content (AvgIpc) is 3.11. The van der Waals surface area contributed by atoms with Crippen LogP contribution >= 0.6 is 23.1 Å². The van der Waals surface area contributed by atoms with E-state index in [4.69, 9.17) is 4.42 Å². The summed E-state index contributed by atoms with van der Waals surface area (Å²) >= 11 is 2.66. The summed E-state index contributed by atoms with van der Waals surface area (Å²) in [6.45, 7) is 5.51. The lowest BCUT2D eigenvalue weighted by Crippen LogP contribution is -2.04. The number of aromatic nitrogens is 2. The van der Waals surface area contributed by atoms with Gasteiger partial charge in [0.05, 0.1) is 21.2 Å². The Morgan fingerprint density at radius 3 is 2.71 bits per heavy atom. The summed E-state index contributed by atoms with van der Waals surface area (Å²) in [4.78, 5) is 8.73. The van der Waals surface area contributed by atoms with Crippen molar-refractivity contribution >= 4 is 38.9 Å². The van der Waals surface area contributed by atoms with E-state index in [9.17, 15) is 10.4 Å². The Labute approximate surface area is 147 Å². The van der Waals surface area contributed by atoms with Crippen LogP contribution in [0, 0.1) is 25.2 Å². The number of thioether (sulfide) groups is 1. The number of nitriles is 1. The van der Waals surface area contributed by atoms with Crippen molar-refractivity contribution < 1.29 is 9.52 Å². The van der Waals surface area contributed by atoms with Crippen LogP contribution in [-0.2, 0) is 0 Å². The summed E-state index contributed by atoms with van der Waals surface area (Å²) in [6, 6.07) is 9.72. The minimum absolute atomic E-state index is 0.0185. The topological polar surface area (TPSA) is 82.9 Å². The van der Waals surface area contributed by atoms with E-state index < -0.39 is 0 Å². The minimum atomic E-state index is -0.371. The fraction of sp³-hybridized carbons (Fsp3) is 0.235. The van der Waals surface area contributed by atoms with Crippen molar-refractivity contribution in [3.8, 4) is 6.07 Å². The number of fused-ring (bicyclic) bond motifs is 1. The third-order valence-electron chi connectivity index (χ3n) is 3.55. The van der Waals surface area contributed by atoms with Gasteiger partial charge in [-0.1, -0.05) is 23.9 Å². The van der Waals surface area contributed by atoms with Gasteiger partial charge in [0.1, 0.15) is 28.2 Å². The Kier molecular flexibility index (Phi) is 4.60. The van der Waals surface area contributed by atoms with Gasteiger partial charge in [0.15, 0.2) is 0 Å². The summed E-state index contributed by atoms with van der Waals surface area (Å²) in [5.41, 5.74) is 1.83. The molecule has 0 spiro atoms. The summed E-state index contributed by atoms with van der Waals surface area (Å²) < 4.78 is 6.50. The molecule has 2 aromatic heterocycles. The molecule has 0 aliphatic rings. The average molecular weight is 357 g/mol. The molecule has 24 heavy (non-hydrogen) atoms. The highest BCUT2D eigenvalue weighted by molar-refractivity contribution is 7.99. The zero-order valence-corrected chi connectivity index (χ0v) is 15.0. The molecule has 7 heteroatoms. The molecule has 0 aliphatic carbocycles. The Hall–Kier alpha value is -2.30. The summed E-state index contributed by atoms with van der Waals surface area (Å²) in [6.07, 6.45) is 0. The predicted octanol–water partition coefficient (Wildman–Crippen LogP) is 4.87. The van der Waals surface area contributed by atoms with Crippen LogP contribution < -0.4 is 0 Å². The van der Waals surface area contributed by atoms with Crippen molar-refractivity contribution in [2.24, 2.45) is 0 Å². The molecule has 0 aliphatic heterocycles. The highest BCUT2D eigenvalue weighted by Gasteiger charge is 2.21. The lowest BCUT2D eigenvalue weighted by Gasteiger charge is -2.09. The number of nitrogens with zero attached hydrogens (tertiary/aromatic N) is 3. The van der Waals surface area contributed by atoms with Gasteiger partial charge in [-0.3, -0.25) is 0 Å². The molecule has 0 fully saturated rings. The first-order valence-corrected chi connectivity index (χ1v) is 8.99. The van der Waals surface area contributed by atoms with Crippen molar-refractivity contribution in [2.75, 3.05) is 0 Å². The largest absolute Gasteiger partial charge is 0.510 e. The molecular weight excluding hydrogens is 342 g/mol. The third kappa shape index (κ3) is 3.16. The quantitative estimate of drug-likeness (QED) is 0.407. The van der Waals surface area contributed by atoms with Gasteiger partial charge in [-0.2, -0.15) is 5.26 Å². The lowest BCUT2D eigenvalue weighted by atomic mass is 10.2. The van der Waals surface area contributed by atoms with E-state index in [1.54, 1.807) is 6.92 Å². The van der Waals surface area contributed by atoms with Gasteiger partial charge in [0.25, 0.3) is 5.22 Å². The fourth-order valence-electron chi connectivity index (χ4n) is 2.10. The second kappa shape index (κ2) is 6.67. The number of aliphatic hydroxyl groups is 1. The van der Waals surface area contributed by atoms with Crippen molar-refractivity contribution in [2.45, 2.75) is 31.2 Å². The normalized spacial score (nSPS) is 13.6. The van der Waals surface area contributed by atoms with E-state index in [1.807, 2.05) is 38.1 Å². The number of allylic oxidation sites excluding steroid dienone is 1. The highest BCUT2D eigenvalue weighted by Crippen LogP contribution is 2.33. The van der Waals surface area contributed by atoms with Crippen LogP contribution in [0.2, 0.25) is 0 Å². The van der Waals surface area contributed by atoms with Gasteiger partial charge in [-0.15, -0.1) is 11.3 Å². The maximum atomic E-state index is 10.5. The van der Waals surface area contributed by atoms with E-state index >= 15 is 0 Å². The summed E-state index contributed by atoms with van der Waals surface area (Å²) in [5, 5.41) is 20.6. The molecule has 3 aromatic rings. The number of benzene rings is 1. The first-order valence-electron chi connectivity index (χ1n) is 7.29. The fourth-order valence-corrected chi connectivity index (χ4v) is 3.96. The Morgan fingerprint density at radius 2 is 2.08 bits per heavy atom. The van der Waals surface area contributed by atoms with Crippen molar-refractivity contribution in [1.29, 1.82) is 5.26 Å². The van der Waals surface area contributed by atoms with Crippen LogP contribution in [0.3, 0.4) is 0 Å². The molecule has 1 unspecified atom stereocenters. The molecular formula is C17H15N3O2S2. The number of para-hydroxylation sites is 1. The Balaban J connectivity index is 1.92. The van der Waals surface area contributed by atoms with Gasteiger partial charge in [0.2, 0.25) is 0 Å². The number of oxazole rings is 1. The zero-order valence-electron chi connectivity index (χ0n) is 13.4. The molecule has 122 valence electrons. The molecule has 3 rings (SSSR count). The van der Waals surface area contributed by atoms with E-state index in [0.717, 1.165) is 21.7 Å². The maximum absolute atomic E-state index is 10.5. The van der Waals surface area contributed by atoms with Crippen LogP contribution in [0.4, 0.5) is 0 Å².